The Morgan fingerprint density at radius 2 is 2.00 bits per heavy atom. The number of nitrogens with zero attached hydrogens (tertiary/aromatic N) is 1. The van der Waals surface area contributed by atoms with E-state index in [9.17, 15) is 4.79 Å². The monoisotopic (exact) mass is 373 g/mol. The number of halogens is 1. The molecule has 1 heterocycles. The van der Waals surface area contributed by atoms with Crippen molar-refractivity contribution < 1.29 is 9.21 Å². The summed E-state index contributed by atoms with van der Waals surface area (Å²) in [6.45, 7) is 0.538. The van der Waals surface area contributed by atoms with Gasteiger partial charge in [-0.2, -0.15) is 0 Å². The van der Waals surface area contributed by atoms with Gasteiger partial charge in [0.05, 0.1) is 12.8 Å². The third-order valence-electron chi connectivity index (χ3n) is 4.27. The molecule has 0 aliphatic heterocycles. The summed E-state index contributed by atoms with van der Waals surface area (Å²) in [4.78, 5) is 14.7. The summed E-state index contributed by atoms with van der Waals surface area (Å²) >= 11 is 3.51. The van der Waals surface area contributed by atoms with E-state index in [2.05, 4.69) is 15.9 Å². The quantitative estimate of drug-likeness (QED) is 0.688. The molecule has 0 bridgehead atoms. The first kappa shape index (κ1) is 16.1. The Morgan fingerprint density at radius 3 is 2.70 bits per heavy atom. The van der Waals surface area contributed by atoms with Gasteiger partial charge in [0, 0.05) is 16.6 Å². The maximum absolute atomic E-state index is 12.7. The minimum atomic E-state index is 0.0454. The Kier molecular flexibility index (Phi) is 5.34. The highest BCUT2D eigenvalue weighted by Crippen LogP contribution is 2.26. The molecule has 0 saturated heterocycles. The van der Waals surface area contributed by atoms with Crippen molar-refractivity contribution >= 4 is 27.9 Å². The molecule has 0 radical (unpaired) electrons. The zero-order valence-electron chi connectivity index (χ0n) is 13.0. The van der Waals surface area contributed by atoms with Crippen LogP contribution in [0, 0.1) is 0 Å². The van der Waals surface area contributed by atoms with Gasteiger partial charge in [0.2, 0.25) is 5.91 Å². The molecule has 1 aliphatic rings. The lowest BCUT2D eigenvalue weighted by Gasteiger charge is -2.27. The zero-order chi connectivity index (χ0) is 16.1. The van der Waals surface area contributed by atoms with Crippen LogP contribution in [0.5, 0.6) is 0 Å². The largest absolute Gasteiger partial charge is 0.467 e. The van der Waals surface area contributed by atoms with Crippen LogP contribution in [0.1, 0.15) is 37.0 Å². The lowest BCUT2D eigenvalue weighted by molar-refractivity contribution is -0.129. The average Bonchev–Trinajstić information content (AvgIpc) is 3.25. The van der Waals surface area contributed by atoms with Crippen molar-refractivity contribution in [2.75, 3.05) is 0 Å². The summed E-state index contributed by atoms with van der Waals surface area (Å²) in [5.41, 5.74) is 1.00. The minimum Gasteiger partial charge on any atom is -0.467 e. The maximum Gasteiger partial charge on any atom is 0.247 e. The van der Waals surface area contributed by atoms with Gasteiger partial charge in [-0.25, -0.2) is 0 Å². The van der Waals surface area contributed by atoms with E-state index < -0.39 is 0 Å². The van der Waals surface area contributed by atoms with Crippen LogP contribution in [-0.2, 0) is 11.3 Å². The van der Waals surface area contributed by atoms with Gasteiger partial charge in [-0.1, -0.05) is 47.0 Å². The fourth-order valence-electron chi connectivity index (χ4n) is 3.04. The molecule has 0 unspecified atom stereocenters. The predicted octanol–water partition coefficient (Wildman–Crippen LogP) is 5.03. The number of benzene rings is 1. The topological polar surface area (TPSA) is 33.5 Å². The van der Waals surface area contributed by atoms with Crippen LogP contribution in [-0.4, -0.2) is 16.8 Å². The second-order valence-corrected chi connectivity index (χ2v) is 6.69. The van der Waals surface area contributed by atoms with Crippen LogP contribution >= 0.6 is 15.9 Å². The molecule has 3 nitrogen and oxygen atoms in total. The Morgan fingerprint density at radius 1 is 1.22 bits per heavy atom. The lowest BCUT2D eigenvalue weighted by Crippen LogP contribution is -2.37. The third kappa shape index (κ3) is 4.14. The van der Waals surface area contributed by atoms with E-state index in [1.165, 1.54) is 12.8 Å². The first-order valence-electron chi connectivity index (χ1n) is 7.99. The third-order valence-corrected chi connectivity index (χ3v) is 4.99. The highest BCUT2D eigenvalue weighted by molar-refractivity contribution is 9.10. The van der Waals surface area contributed by atoms with E-state index in [1.807, 2.05) is 47.4 Å². The second kappa shape index (κ2) is 7.64. The highest BCUT2D eigenvalue weighted by Gasteiger charge is 2.26. The summed E-state index contributed by atoms with van der Waals surface area (Å²) in [5.74, 6) is 0.878. The second-order valence-electron chi connectivity index (χ2n) is 5.84. The van der Waals surface area contributed by atoms with Crippen LogP contribution in [0.4, 0.5) is 0 Å². The van der Waals surface area contributed by atoms with Crippen molar-refractivity contribution in [1.29, 1.82) is 0 Å². The lowest BCUT2D eigenvalue weighted by atomic mass is 10.1. The van der Waals surface area contributed by atoms with Crippen molar-refractivity contribution in [2.45, 2.75) is 38.3 Å². The summed E-state index contributed by atoms with van der Waals surface area (Å²) < 4.78 is 6.42. The van der Waals surface area contributed by atoms with Crippen LogP contribution < -0.4 is 0 Å². The normalized spacial score (nSPS) is 15.3. The van der Waals surface area contributed by atoms with E-state index in [4.69, 9.17) is 4.42 Å². The van der Waals surface area contributed by atoms with Gasteiger partial charge in [0.15, 0.2) is 0 Å². The van der Waals surface area contributed by atoms with Crippen molar-refractivity contribution in [3.8, 4) is 0 Å². The van der Waals surface area contributed by atoms with Crippen LogP contribution in [0.15, 0.2) is 57.6 Å². The molecule has 0 atom stereocenters. The SMILES string of the molecule is O=C(C=Cc1ccccc1Br)N(Cc1ccco1)C1CCCC1. The number of furan rings is 1. The van der Waals surface area contributed by atoms with E-state index in [-0.39, 0.29) is 5.91 Å². The molecule has 1 aromatic heterocycles. The Balaban J connectivity index is 1.75. The molecule has 1 amide bonds. The molecular formula is C19H20BrNO2. The molecule has 0 N–H and O–H groups in total. The number of carbonyl (C=O) groups excluding carboxylic acids is 1. The van der Waals surface area contributed by atoms with Gasteiger partial charge in [0.1, 0.15) is 5.76 Å². The van der Waals surface area contributed by atoms with Gasteiger partial charge < -0.3 is 9.32 Å². The molecule has 0 spiro atoms. The number of carbonyl (C=O) groups is 1. The molecule has 2 aromatic rings. The van der Waals surface area contributed by atoms with Gasteiger partial charge in [-0.05, 0) is 42.7 Å². The maximum atomic E-state index is 12.7. The fraction of sp³-hybridized carbons (Fsp3) is 0.316. The molecule has 4 heteroatoms. The minimum absolute atomic E-state index is 0.0454. The molecule has 120 valence electrons. The van der Waals surface area contributed by atoms with Crippen LogP contribution in [0.2, 0.25) is 0 Å². The Hall–Kier alpha value is -1.81. The Bertz CT molecular complexity index is 672. The number of amides is 1. The van der Waals surface area contributed by atoms with E-state index in [0.29, 0.717) is 12.6 Å². The van der Waals surface area contributed by atoms with E-state index in [0.717, 1.165) is 28.6 Å². The number of rotatable bonds is 5. The first-order chi connectivity index (χ1) is 11.2. The molecule has 3 rings (SSSR count). The van der Waals surface area contributed by atoms with Crippen molar-refractivity contribution in [1.82, 2.24) is 4.90 Å². The predicted molar refractivity (Wildman–Crippen MR) is 94.7 cm³/mol. The summed E-state index contributed by atoms with van der Waals surface area (Å²) in [6, 6.07) is 12.0. The van der Waals surface area contributed by atoms with E-state index >= 15 is 0 Å². The standard InChI is InChI=1S/C19H20BrNO2/c20-18-10-4-1-6-15(18)11-12-19(22)21(16-7-2-3-8-16)14-17-9-5-13-23-17/h1,4-6,9-13,16H,2-3,7-8,14H2. The van der Waals surface area contributed by atoms with Gasteiger partial charge >= 0.3 is 0 Å². The summed E-state index contributed by atoms with van der Waals surface area (Å²) in [5, 5.41) is 0. The first-order valence-corrected chi connectivity index (χ1v) is 8.79. The zero-order valence-corrected chi connectivity index (χ0v) is 14.5. The van der Waals surface area contributed by atoms with Gasteiger partial charge in [0.25, 0.3) is 0 Å². The fourth-order valence-corrected chi connectivity index (χ4v) is 3.46. The molecular weight excluding hydrogens is 354 g/mol. The average molecular weight is 374 g/mol. The van der Waals surface area contributed by atoms with Crippen LogP contribution in [0.25, 0.3) is 6.08 Å². The summed E-state index contributed by atoms with van der Waals surface area (Å²) in [6.07, 6.45) is 9.74. The summed E-state index contributed by atoms with van der Waals surface area (Å²) in [7, 11) is 0. The smallest absolute Gasteiger partial charge is 0.247 e. The molecule has 1 fully saturated rings. The van der Waals surface area contributed by atoms with Gasteiger partial charge in [-0.3, -0.25) is 4.79 Å². The molecule has 23 heavy (non-hydrogen) atoms. The molecule has 1 aromatic carbocycles. The van der Waals surface area contributed by atoms with Crippen LogP contribution in [0.3, 0.4) is 0 Å². The number of hydrogen-bond donors (Lipinski definition) is 0. The van der Waals surface area contributed by atoms with E-state index in [1.54, 1.807) is 12.3 Å². The molecule has 1 saturated carbocycles. The highest BCUT2D eigenvalue weighted by atomic mass is 79.9. The van der Waals surface area contributed by atoms with Crippen molar-refractivity contribution in [2.24, 2.45) is 0 Å². The van der Waals surface area contributed by atoms with Crippen molar-refractivity contribution in [3.05, 3.63) is 64.5 Å². The molecule has 1 aliphatic carbocycles. The number of hydrogen-bond acceptors (Lipinski definition) is 2. The Labute approximate surface area is 145 Å². The van der Waals surface area contributed by atoms with Crippen molar-refractivity contribution in [3.63, 3.8) is 0 Å². The van der Waals surface area contributed by atoms with Gasteiger partial charge in [-0.15, -0.1) is 0 Å².